The molecule has 0 atom stereocenters. The van der Waals surface area contributed by atoms with Crippen LogP contribution in [0.3, 0.4) is 0 Å². The van der Waals surface area contributed by atoms with E-state index in [1.807, 2.05) is 0 Å². The molecule has 0 aromatic rings. The Kier molecular flexibility index (Phi) is 101000. The predicted octanol–water partition coefficient (Wildman–Crippen LogP) is -4.28. The van der Waals surface area contributed by atoms with Crippen molar-refractivity contribution in [1.82, 2.24) is 0 Å². The fourth-order valence-electron chi connectivity index (χ4n) is 0. The summed E-state index contributed by atoms with van der Waals surface area (Å²) in [5.74, 6) is 0. The molecule has 2 nitrogen and oxygen atoms in total. The van der Waals surface area contributed by atoms with E-state index in [1.54, 1.807) is 0 Å². The summed E-state index contributed by atoms with van der Waals surface area (Å²) in [6.07, 6.45) is 0. The molecule has 0 aromatic carbocycles. The first kappa shape index (κ1) is 1060. The monoisotopic (exact) mass is 82.1 g/mol. The molecular weight excluding hydrogens is 70.9 g/mol. The quantitative estimate of drug-likeness (QED) is 0.265. The Morgan fingerprint density at radius 3 is 0.750 bits per heavy atom. The van der Waals surface area contributed by atoms with Crippen LogP contribution in [0, 0.1) is 0 Å². The van der Waals surface area contributed by atoms with Gasteiger partial charge >= 0.3 is 0 Å². The molecule has 4 heavy (non-hydrogen) atoms. The second-order valence-corrected chi connectivity index (χ2v) is 0. The molecule has 0 aliphatic heterocycles. The van der Waals surface area contributed by atoms with E-state index in [-0.39, 0.29) is 30.3 Å². The molecule has 0 bridgehead atoms. The molecule has 0 amide bonds. The van der Waals surface area contributed by atoms with Crippen LogP contribution in [0.15, 0.2) is 0 Å². The average Bonchev–Trinajstić information content (AvgIpc) is 0. The van der Waals surface area contributed by atoms with Gasteiger partial charge in [-0.2, -0.15) is 0 Å². The summed E-state index contributed by atoms with van der Waals surface area (Å²) in [6.45, 7) is 0. The Labute approximate surface area is 31.4 Å². The van der Waals surface area contributed by atoms with Crippen molar-refractivity contribution in [2.24, 2.45) is 0 Å². The molecule has 0 radical (unpaired) electrons. The Morgan fingerprint density at radius 2 is 0.750 bits per heavy atom. The summed E-state index contributed by atoms with van der Waals surface area (Å²) in [4.78, 5) is 0. The molecular formula is H11BO2Si. The van der Waals surface area contributed by atoms with E-state index in [1.165, 1.54) is 0 Å². The zero-order valence-corrected chi connectivity index (χ0v) is 1.00. The van der Waals surface area contributed by atoms with Crippen molar-refractivity contribution in [2.75, 3.05) is 0 Å². The summed E-state index contributed by atoms with van der Waals surface area (Å²) in [6, 6.07) is 0. The molecule has 0 saturated carbocycles. The van der Waals surface area contributed by atoms with Crippen LogP contribution in [0.5, 0.6) is 0 Å². The van der Waals surface area contributed by atoms with E-state index in [0.717, 1.165) is 0 Å². The van der Waals surface area contributed by atoms with E-state index in [0.29, 0.717) is 0 Å². The maximum Gasteiger partial charge on any atom is 0.0814 e. The van der Waals surface area contributed by atoms with Gasteiger partial charge in [-0.3, -0.25) is 0 Å². The van der Waals surface area contributed by atoms with Crippen LogP contribution in [-0.4, -0.2) is 30.3 Å². The number of hydrogen-bond acceptors (Lipinski definition) is 0. The van der Waals surface area contributed by atoms with E-state index < -0.39 is 0 Å². The van der Waals surface area contributed by atoms with Crippen molar-refractivity contribution in [1.29, 1.82) is 0 Å². The first-order chi connectivity index (χ1) is 0. The summed E-state index contributed by atoms with van der Waals surface area (Å²) < 4.78 is 0. The third-order valence-electron chi connectivity index (χ3n) is 0. The fourth-order valence-corrected chi connectivity index (χ4v) is 0. The van der Waals surface area contributed by atoms with Gasteiger partial charge in [-0.15, -0.1) is 0 Å². The molecule has 0 spiro atoms. The van der Waals surface area contributed by atoms with E-state index >= 15 is 0 Å². The number of rotatable bonds is 0. The molecule has 0 aliphatic carbocycles. The van der Waals surface area contributed by atoms with Crippen LogP contribution in [0.25, 0.3) is 0 Å². The van der Waals surface area contributed by atoms with Crippen molar-refractivity contribution < 1.29 is 11.0 Å². The lowest BCUT2D eigenvalue weighted by atomic mass is 10.8. The Hall–Kier alpha value is 0.202. The van der Waals surface area contributed by atoms with Gasteiger partial charge in [0.05, 0.1) is 8.41 Å². The lowest BCUT2D eigenvalue weighted by Gasteiger charge is -0.413. The molecule has 30 valence electrons. The lowest BCUT2D eigenvalue weighted by molar-refractivity contribution is 0.823. The van der Waals surface area contributed by atoms with Crippen LogP contribution in [0.2, 0.25) is 0 Å². The first-order valence-corrected chi connectivity index (χ1v) is 0. The summed E-state index contributed by atoms with van der Waals surface area (Å²) in [5, 5.41) is 0. The highest BCUT2D eigenvalue weighted by Gasteiger charge is 0.0814. The summed E-state index contributed by atoms with van der Waals surface area (Å²) in [7, 11) is 0. The third kappa shape index (κ3) is 78.1. The Morgan fingerprint density at radius 1 is 0.750 bits per heavy atom. The van der Waals surface area contributed by atoms with Crippen molar-refractivity contribution in [3.05, 3.63) is 0 Å². The first-order valence-electron chi connectivity index (χ1n) is 0. The lowest BCUT2D eigenvalue weighted by Crippen LogP contribution is -0.382. The van der Waals surface area contributed by atoms with Crippen molar-refractivity contribution >= 4 is 19.4 Å². The van der Waals surface area contributed by atoms with Gasteiger partial charge in [-0.05, 0) is 11.0 Å². The second kappa shape index (κ2) is 381. The molecule has 0 unspecified atom stereocenters. The van der Waals surface area contributed by atoms with Crippen LogP contribution in [0.4, 0.5) is 0 Å². The zero-order chi connectivity index (χ0) is 0. The van der Waals surface area contributed by atoms with Crippen LogP contribution >= 0.6 is 0 Å². The highest BCUT2D eigenvalue weighted by Crippen LogP contribution is -0.288. The topological polar surface area (TPSA) is 63.0 Å². The number of hydrogen-bond donors (Lipinski definition) is 0. The Bertz CT molecular complexity index is 6.00. The van der Waals surface area contributed by atoms with Crippen LogP contribution < -0.4 is 0 Å². The summed E-state index contributed by atoms with van der Waals surface area (Å²) >= 11 is 0. The largest absolute Gasteiger partial charge is 0.412 e. The zero-order valence-electron chi connectivity index (χ0n) is 1.00. The molecule has 4 heteroatoms. The molecule has 0 aliphatic rings. The van der Waals surface area contributed by atoms with Gasteiger partial charge in [0.15, 0.2) is 0 Å². The minimum Gasteiger partial charge on any atom is -0.412 e. The molecule has 0 aromatic heterocycles. The smallest absolute Gasteiger partial charge is 0.0814 e. The molecule has 0 heterocycles. The van der Waals surface area contributed by atoms with E-state index in [2.05, 4.69) is 0 Å². The molecule has 0 fully saturated rings. The van der Waals surface area contributed by atoms with Gasteiger partial charge in [-0.25, -0.2) is 0 Å². The van der Waals surface area contributed by atoms with Gasteiger partial charge < -0.3 is 11.0 Å². The highest BCUT2D eigenvalue weighted by atomic mass is 28.1. The molecule has 0 saturated heterocycles. The minimum atomic E-state index is 0. The Balaban J connectivity index is 0. The average molecular weight is 82.0 g/mol. The fraction of sp³-hybridized carbons (Fsp3) is 0. The predicted molar refractivity (Wildman–Crippen MR) is 28.5 cm³/mol. The van der Waals surface area contributed by atoms with Gasteiger partial charge in [-0.1, -0.05) is 0 Å². The van der Waals surface area contributed by atoms with Gasteiger partial charge in [0, 0.05) is 0 Å². The SMILES string of the molecule is B.O.O.[SiH4]. The van der Waals surface area contributed by atoms with Crippen LogP contribution in [-0.2, 0) is 0 Å². The second-order valence-electron chi connectivity index (χ2n) is 0. The van der Waals surface area contributed by atoms with Crippen molar-refractivity contribution in [3.63, 3.8) is 0 Å². The van der Waals surface area contributed by atoms with Gasteiger partial charge in [0.25, 0.3) is 0 Å². The maximum atomic E-state index is 0. The van der Waals surface area contributed by atoms with Gasteiger partial charge in [0.1, 0.15) is 0 Å². The molecule has 0 rings (SSSR count). The van der Waals surface area contributed by atoms with Gasteiger partial charge in [0.2, 0.25) is 0 Å². The highest BCUT2D eigenvalue weighted by molar-refractivity contribution is 5.76. The third-order valence-corrected chi connectivity index (χ3v) is 0. The van der Waals surface area contributed by atoms with E-state index in [4.69, 9.17) is 0 Å². The minimum absolute atomic E-state index is 0. The van der Waals surface area contributed by atoms with Crippen molar-refractivity contribution in [3.8, 4) is 0 Å². The standard InChI is InChI=1S/BH3.2H2O.H4Si/h1H3;2*1H2;1H4. The van der Waals surface area contributed by atoms with Crippen LogP contribution in [0.1, 0.15) is 0 Å². The normalized spacial score (nSPS) is 0. The summed E-state index contributed by atoms with van der Waals surface area (Å²) in [5.41, 5.74) is 0. The molecule has 4 N–H and O–H groups in total. The van der Waals surface area contributed by atoms with E-state index in [9.17, 15) is 0 Å². The maximum absolute atomic E-state index is 0. The van der Waals surface area contributed by atoms with Crippen molar-refractivity contribution in [2.45, 2.75) is 0 Å².